The number of nitrogens with one attached hydrogen (secondary N) is 1. The lowest BCUT2D eigenvalue weighted by Crippen LogP contribution is -2.62. The van der Waals surface area contributed by atoms with Crippen LogP contribution in [0.5, 0.6) is 0 Å². The second-order valence-corrected chi connectivity index (χ2v) is 5.45. The standard InChI is InChI=1S/C11H17F2NO3/c1-9(6-17-7-9)5-14-8(15)11(12,13)10(16)3-2-4-10/h16H,2-7H2,1H3,(H,14,15). The van der Waals surface area contributed by atoms with Gasteiger partial charge < -0.3 is 15.2 Å². The molecule has 4 nitrogen and oxygen atoms in total. The van der Waals surface area contributed by atoms with Crippen LogP contribution in [0.2, 0.25) is 0 Å². The number of amides is 1. The molecule has 2 rings (SSSR count). The minimum atomic E-state index is -3.70. The Balaban J connectivity index is 1.90. The number of carbonyl (C=O) groups excluding carboxylic acids is 1. The molecule has 0 atom stereocenters. The van der Waals surface area contributed by atoms with Gasteiger partial charge in [-0.3, -0.25) is 4.79 Å². The van der Waals surface area contributed by atoms with Crippen molar-refractivity contribution in [2.75, 3.05) is 19.8 Å². The minimum Gasteiger partial charge on any atom is -0.383 e. The monoisotopic (exact) mass is 249 g/mol. The largest absolute Gasteiger partial charge is 0.383 e. The lowest BCUT2D eigenvalue weighted by molar-refractivity contribution is -0.216. The number of aliphatic hydroxyl groups is 1. The van der Waals surface area contributed by atoms with Gasteiger partial charge in [-0.05, 0) is 19.3 Å². The molecule has 6 heteroatoms. The summed E-state index contributed by atoms with van der Waals surface area (Å²) in [4.78, 5) is 11.4. The third kappa shape index (κ3) is 2.04. The van der Waals surface area contributed by atoms with E-state index in [-0.39, 0.29) is 24.8 Å². The Morgan fingerprint density at radius 2 is 2.06 bits per heavy atom. The summed E-state index contributed by atoms with van der Waals surface area (Å²) < 4.78 is 32.3. The topological polar surface area (TPSA) is 58.6 Å². The van der Waals surface area contributed by atoms with E-state index >= 15 is 0 Å². The van der Waals surface area contributed by atoms with Gasteiger partial charge in [0.25, 0.3) is 5.91 Å². The molecule has 17 heavy (non-hydrogen) atoms. The van der Waals surface area contributed by atoms with E-state index in [1.54, 1.807) is 0 Å². The quantitative estimate of drug-likeness (QED) is 0.770. The van der Waals surface area contributed by atoms with Gasteiger partial charge in [0.15, 0.2) is 0 Å². The van der Waals surface area contributed by atoms with Crippen LogP contribution in [0.4, 0.5) is 8.78 Å². The number of halogens is 2. The van der Waals surface area contributed by atoms with Crippen molar-refractivity contribution in [3.63, 3.8) is 0 Å². The minimum absolute atomic E-state index is 0.0200. The second kappa shape index (κ2) is 3.88. The van der Waals surface area contributed by atoms with Gasteiger partial charge in [-0.25, -0.2) is 0 Å². The predicted octanol–water partition coefficient (Wildman–Crippen LogP) is 0.689. The summed E-state index contributed by atoms with van der Waals surface area (Å²) in [5.74, 6) is -5.08. The summed E-state index contributed by atoms with van der Waals surface area (Å²) in [7, 11) is 0. The molecule has 0 aromatic rings. The molecule has 1 heterocycles. The molecule has 2 fully saturated rings. The summed E-state index contributed by atoms with van der Waals surface area (Å²) >= 11 is 0. The van der Waals surface area contributed by atoms with Crippen LogP contribution in [0, 0.1) is 5.41 Å². The Bertz CT molecular complexity index is 325. The van der Waals surface area contributed by atoms with Crippen LogP contribution >= 0.6 is 0 Å². The van der Waals surface area contributed by atoms with E-state index in [1.807, 2.05) is 6.92 Å². The molecule has 98 valence electrons. The van der Waals surface area contributed by atoms with E-state index < -0.39 is 17.4 Å². The Morgan fingerprint density at radius 3 is 2.41 bits per heavy atom. The van der Waals surface area contributed by atoms with E-state index in [1.165, 1.54) is 0 Å². The second-order valence-electron chi connectivity index (χ2n) is 5.45. The summed E-state index contributed by atoms with van der Waals surface area (Å²) in [6.45, 7) is 2.93. The zero-order valence-corrected chi connectivity index (χ0v) is 9.76. The van der Waals surface area contributed by atoms with Crippen molar-refractivity contribution in [2.24, 2.45) is 5.41 Å². The van der Waals surface area contributed by atoms with E-state index in [0.717, 1.165) is 0 Å². The third-order valence-corrected chi connectivity index (χ3v) is 3.63. The molecule has 0 spiro atoms. The van der Waals surface area contributed by atoms with E-state index in [0.29, 0.717) is 19.6 Å². The summed E-state index contributed by atoms with van der Waals surface area (Å²) in [5.41, 5.74) is -2.40. The van der Waals surface area contributed by atoms with Crippen molar-refractivity contribution in [2.45, 2.75) is 37.7 Å². The highest BCUT2D eigenvalue weighted by Gasteiger charge is 2.61. The van der Waals surface area contributed by atoms with Crippen LogP contribution in [0.3, 0.4) is 0 Å². The van der Waals surface area contributed by atoms with E-state index in [9.17, 15) is 18.7 Å². The van der Waals surface area contributed by atoms with Crippen molar-refractivity contribution in [1.82, 2.24) is 5.32 Å². The number of ether oxygens (including phenoxy) is 1. The molecule has 1 saturated carbocycles. The molecular weight excluding hydrogens is 232 g/mol. The van der Waals surface area contributed by atoms with Crippen LogP contribution in [-0.2, 0) is 9.53 Å². The predicted molar refractivity (Wildman–Crippen MR) is 55.7 cm³/mol. The summed E-state index contributed by atoms with van der Waals surface area (Å²) in [6, 6.07) is 0. The lowest BCUT2D eigenvalue weighted by Gasteiger charge is -2.42. The molecule has 2 aliphatic rings. The van der Waals surface area contributed by atoms with Gasteiger partial charge in [0.05, 0.1) is 13.2 Å². The number of hydrogen-bond acceptors (Lipinski definition) is 3. The average Bonchev–Trinajstić information content (AvgIpc) is 2.19. The molecule has 0 radical (unpaired) electrons. The zero-order chi connectivity index (χ0) is 12.7. The summed E-state index contributed by atoms with van der Waals surface area (Å²) in [5, 5.41) is 11.8. The lowest BCUT2D eigenvalue weighted by atomic mass is 9.75. The third-order valence-electron chi connectivity index (χ3n) is 3.63. The number of alkyl halides is 2. The fourth-order valence-corrected chi connectivity index (χ4v) is 1.99. The maximum atomic E-state index is 13.7. The first-order valence-corrected chi connectivity index (χ1v) is 5.75. The Kier molecular flexibility index (Phi) is 2.90. The average molecular weight is 249 g/mol. The Hall–Kier alpha value is -0.750. The molecule has 0 aromatic heterocycles. The van der Waals surface area contributed by atoms with E-state index in [2.05, 4.69) is 5.32 Å². The highest BCUT2D eigenvalue weighted by Crippen LogP contribution is 2.44. The molecule has 0 aromatic carbocycles. The van der Waals surface area contributed by atoms with Gasteiger partial charge in [-0.2, -0.15) is 8.78 Å². The number of hydrogen-bond donors (Lipinski definition) is 2. The Morgan fingerprint density at radius 1 is 1.47 bits per heavy atom. The van der Waals surface area contributed by atoms with Gasteiger partial charge >= 0.3 is 5.92 Å². The van der Waals surface area contributed by atoms with Gasteiger partial charge in [0.2, 0.25) is 0 Å². The molecule has 0 bridgehead atoms. The maximum Gasteiger partial charge on any atom is 0.352 e. The van der Waals surface area contributed by atoms with Crippen molar-refractivity contribution in [1.29, 1.82) is 0 Å². The van der Waals surface area contributed by atoms with Gasteiger partial charge in [-0.15, -0.1) is 0 Å². The molecule has 1 amide bonds. The SMILES string of the molecule is CC1(CNC(=O)C(F)(F)C2(O)CCC2)COC1. The van der Waals surface area contributed by atoms with Gasteiger partial charge in [-0.1, -0.05) is 6.92 Å². The molecule has 0 unspecified atom stereocenters. The van der Waals surface area contributed by atoms with Crippen LogP contribution in [-0.4, -0.2) is 42.3 Å². The van der Waals surface area contributed by atoms with Crippen LogP contribution in [0.15, 0.2) is 0 Å². The molecule has 1 aliphatic heterocycles. The van der Waals surface area contributed by atoms with Crippen molar-refractivity contribution < 1.29 is 23.4 Å². The van der Waals surface area contributed by atoms with Crippen molar-refractivity contribution >= 4 is 5.91 Å². The van der Waals surface area contributed by atoms with Crippen molar-refractivity contribution in [3.8, 4) is 0 Å². The first-order valence-electron chi connectivity index (χ1n) is 5.75. The summed E-state index contributed by atoms with van der Waals surface area (Å²) in [6.07, 6.45) is 0.493. The highest BCUT2D eigenvalue weighted by atomic mass is 19.3. The zero-order valence-electron chi connectivity index (χ0n) is 9.76. The normalized spacial score (nSPS) is 25.6. The van der Waals surface area contributed by atoms with Crippen molar-refractivity contribution in [3.05, 3.63) is 0 Å². The van der Waals surface area contributed by atoms with Crippen LogP contribution < -0.4 is 5.32 Å². The highest BCUT2D eigenvalue weighted by molar-refractivity contribution is 5.85. The number of rotatable bonds is 4. The molecule has 1 aliphatic carbocycles. The van der Waals surface area contributed by atoms with Gasteiger partial charge in [0, 0.05) is 12.0 Å². The molecule has 1 saturated heterocycles. The maximum absolute atomic E-state index is 13.7. The molecule has 2 N–H and O–H groups in total. The first kappa shape index (κ1) is 12.7. The van der Waals surface area contributed by atoms with E-state index in [4.69, 9.17) is 4.74 Å². The number of carbonyl (C=O) groups is 1. The fraction of sp³-hybridized carbons (Fsp3) is 0.909. The molecular formula is C11H17F2NO3. The first-order chi connectivity index (χ1) is 7.79. The Labute approximate surface area is 98.3 Å². The van der Waals surface area contributed by atoms with Gasteiger partial charge in [0.1, 0.15) is 5.60 Å². The van der Waals surface area contributed by atoms with Crippen LogP contribution in [0.25, 0.3) is 0 Å². The van der Waals surface area contributed by atoms with Crippen LogP contribution in [0.1, 0.15) is 26.2 Å². The fourth-order valence-electron chi connectivity index (χ4n) is 1.99. The smallest absolute Gasteiger partial charge is 0.352 e.